The van der Waals surface area contributed by atoms with Crippen LogP contribution in [0.5, 0.6) is 5.75 Å². The Morgan fingerprint density at radius 1 is 0.976 bits per heavy atom. The van der Waals surface area contributed by atoms with Gasteiger partial charge in [-0.3, -0.25) is 9.59 Å². The second-order valence-electron chi connectivity index (χ2n) is 11.2. The van der Waals surface area contributed by atoms with Crippen LogP contribution in [-0.2, 0) is 10.4 Å². The zero-order valence-electron chi connectivity index (χ0n) is 23.6. The van der Waals surface area contributed by atoms with E-state index in [-0.39, 0.29) is 29.8 Å². The molecule has 1 atom stereocenters. The average Bonchev–Trinajstić information content (AvgIpc) is 2.95. The third kappa shape index (κ3) is 6.75. The molecule has 11 heteroatoms. The lowest BCUT2D eigenvalue weighted by atomic mass is 9.82. The number of nitrogens with zero attached hydrogens (tertiary/aromatic N) is 3. The molecule has 0 aliphatic carbocycles. The van der Waals surface area contributed by atoms with Crippen molar-refractivity contribution < 1.29 is 32.6 Å². The second kappa shape index (κ2) is 12.5. The van der Waals surface area contributed by atoms with Crippen molar-refractivity contribution in [2.24, 2.45) is 11.8 Å². The molecule has 2 amide bonds. The third-order valence-electron chi connectivity index (χ3n) is 8.31. The van der Waals surface area contributed by atoms with E-state index < -0.39 is 23.2 Å². The van der Waals surface area contributed by atoms with E-state index >= 15 is 0 Å². The van der Waals surface area contributed by atoms with Crippen molar-refractivity contribution in [1.82, 2.24) is 9.80 Å². The Balaban J connectivity index is 1.31. The van der Waals surface area contributed by atoms with E-state index in [1.807, 2.05) is 24.3 Å². The number of ether oxygens (including phenoxy) is 1. The van der Waals surface area contributed by atoms with Crippen molar-refractivity contribution in [3.05, 3.63) is 58.6 Å². The number of rotatable bonds is 7. The van der Waals surface area contributed by atoms with Gasteiger partial charge in [0.25, 0.3) is 17.4 Å². The lowest BCUT2D eigenvalue weighted by Gasteiger charge is -2.40. The van der Waals surface area contributed by atoms with Crippen LogP contribution in [0, 0.1) is 11.8 Å². The fraction of sp³-hybridized carbons (Fsp3) is 0.533. The zero-order chi connectivity index (χ0) is 29.9. The maximum atomic E-state index is 14.2. The Labute approximate surface area is 243 Å². The summed E-state index contributed by atoms with van der Waals surface area (Å²) >= 11 is 5.96. The van der Waals surface area contributed by atoms with Crippen LogP contribution < -0.4 is 9.64 Å². The van der Waals surface area contributed by atoms with Gasteiger partial charge >= 0.3 is 6.18 Å². The molecule has 2 aromatic carbocycles. The van der Waals surface area contributed by atoms with Gasteiger partial charge in [-0.15, -0.1) is 0 Å². The van der Waals surface area contributed by atoms with Gasteiger partial charge < -0.3 is 24.5 Å². The van der Waals surface area contributed by atoms with Gasteiger partial charge in [0.2, 0.25) is 0 Å². The van der Waals surface area contributed by atoms with Crippen LogP contribution in [0.2, 0.25) is 5.02 Å². The quantitative estimate of drug-likeness (QED) is 0.468. The number of benzene rings is 2. The molecule has 0 bridgehead atoms. The Bertz CT molecular complexity index is 1220. The molecule has 2 heterocycles. The summed E-state index contributed by atoms with van der Waals surface area (Å²) in [5, 5.41) is 10.8. The molecule has 0 spiro atoms. The molecule has 224 valence electrons. The van der Waals surface area contributed by atoms with Gasteiger partial charge in [0.05, 0.1) is 7.11 Å². The summed E-state index contributed by atoms with van der Waals surface area (Å²) < 4.78 is 47.6. The largest absolute Gasteiger partial charge is 0.497 e. The van der Waals surface area contributed by atoms with Crippen molar-refractivity contribution in [2.75, 3.05) is 52.3 Å². The molecule has 2 fully saturated rings. The maximum Gasteiger partial charge on any atom is 0.430 e. The number of likely N-dealkylation sites (tertiary alicyclic amines) is 1. The molecule has 2 saturated heterocycles. The maximum absolute atomic E-state index is 14.2. The number of halogens is 4. The van der Waals surface area contributed by atoms with Crippen molar-refractivity contribution in [2.45, 2.75) is 43.9 Å². The van der Waals surface area contributed by atoms with Crippen LogP contribution in [-0.4, -0.2) is 80.3 Å². The van der Waals surface area contributed by atoms with E-state index in [2.05, 4.69) is 4.90 Å². The molecule has 0 saturated carbocycles. The van der Waals surface area contributed by atoms with E-state index in [0.29, 0.717) is 30.2 Å². The number of hydrogen-bond donors (Lipinski definition) is 1. The highest BCUT2D eigenvalue weighted by molar-refractivity contribution is 6.30. The molecule has 2 aromatic rings. The number of piperidine rings is 2. The molecule has 2 aliphatic rings. The summed E-state index contributed by atoms with van der Waals surface area (Å²) in [6.45, 7) is 2.09. The summed E-state index contributed by atoms with van der Waals surface area (Å²) in [6, 6.07) is 10.9. The predicted molar refractivity (Wildman–Crippen MR) is 151 cm³/mol. The fourth-order valence-electron chi connectivity index (χ4n) is 5.87. The Morgan fingerprint density at radius 2 is 1.54 bits per heavy atom. The number of methoxy groups -OCH3 is 1. The highest BCUT2D eigenvalue weighted by atomic mass is 35.5. The summed E-state index contributed by atoms with van der Waals surface area (Å²) in [5.74, 6) is -0.601. The first-order chi connectivity index (χ1) is 19.3. The van der Waals surface area contributed by atoms with Crippen molar-refractivity contribution in [3.8, 4) is 5.75 Å². The van der Waals surface area contributed by atoms with Gasteiger partial charge in [-0.1, -0.05) is 11.6 Å². The van der Waals surface area contributed by atoms with Gasteiger partial charge in [-0.05, 0) is 86.4 Å². The second-order valence-corrected chi connectivity index (χ2v) is 11.7. The monoisotopic (exact) mass is 595 g/mol. The number of hydrogen-bond acceptors (Lipinski definition) is 5. The first kappa shape index (κ1) is 31.0. The topological polar surface area (TPSA) is 73.3 Å². The van der Waals surface area contributed by atoms with Crippen LogP contribution in [0.25, 0.3) is 0 Å². The van der Waals surface area contributed by atoms with Crippen LogP contribution in [0.4, 0.5) is 18.9 Å². The number of alkyl halides is 3. The van der Waals surface area contributed by atoms with E-state index in [4.69, 9.17) is 16.3 Å². The Hall–Kier alpha value is -2.98. The molecule has 0 radical (unpaired) electrons. The number of anilines is 1. The van der Waals surface area contributed by atoms with Gasteiger partial charge in [0.15, 0.2) is 0 Å². The zero-order valence-corrected chi connectivity index (χ0v) is 24.3. The molecule has 4 rings (SSSR count). The molecule has 1 unspecified atom stereocenters. The minimum absolute atomic E-state index is 0.0178. The Kier molecular flexibility index (Phi) is 9.43. The lowest BCUT2D eigenvalue weighted by Crippen LogP contribution is -2.57. The Morgan fingerprint density at radius 3 is 2.05 bits per heavy atom. The SMILES string of the molecule is COc1cc(Cl)cc(C(O)(C(=O)N2CCC(CC3CCN(c4ccc(C(=O)N(C)C)cc4)CC3)CC2)C(F)(F)F)c1. The van der Waals surface area contributed by atoms with Crippen LogP contribution in [0.1, 0.15) is 48.0 Å². The summed E-state index contributed by atoms with van der Waals surface area (Å²) in [7, 11) is 4.72. The summed E-state index contributed by atoms with van der Waals surface area (Å²) in [6.07, 6.45) is -1.11. The lowest BCUT2D eigenvalue weighted by molar-refractivity contribution is -0.262. The van der Waals surface area contributed by atoms with Crippen molar-refractivity contribution in [3.63, 3.8) is 0 Å². The number of carbonyl (C=O) groups is 2. The first-order valence-electron chi connectivity index (χ1n) is 13.8. The molecule has 1 N–H and O–H groups in total. The van der Waals surface area contributed by atoms with Gasteiger partial charge in [-0.2, -0.15) is 13.2 Å². The molecular formula is C30H37ClF3N3O4. The van der Waals surface area contributed by atoms with E-state index in [1.165, 1.54) is 13.2 Å². The summed E-state index contributed by atoms with van der Waals surface area (Å²) in [4.78, 5) is 30.3. The van der Waals surface area contributed by atoms with Crippen LogP contribution >= 0.6 is 11.6 Å². The molecule has 0 aromatic heterocycles. The third-order valence-corrected chi connectivity index (χ3v) is 8.53. The number of carbonyl (C=O) groups excluding carboxylic acids is 2. The normalized spacial score (nSPS) is 18.6. The minimum atomic E-state index is -5.24. The highest BCUT2D eigenvalue weighted by Crippen LogP contribution is 2.43. The van der Waals surface area contributed by atoms with Gasteiger partial charge in [0.1, 0.15) is 5.75 Å². The number of amides is 2. The van der Waals surface area contributed by atoms with Gasteiger partial charge in [0, 0.05) is 62.1 Å². The van der Waals surface area contributed by atoms with Crippen LogP contribution in [0.3, 0.4) is 0 Å². The van der Waals surface area contributed by atoms with Crippen molar-refractivity contribution in [1.29, 1.82) is 0 Å². The molecular weight excluding hydrogens is 559 g/mol. The molecule has 2 aliphatic heterocycles. The first-order valence-corrected chi connectivity index (χ1v) is 14.2. The van der Waals surface area contributed by atoms with Crippen LogP contribution in [0.15, 0.2) is 42.5 Å². The standard InChI is InChI=1S/C30H37ClF3N3O4/c1-35(2)27(38)22-4-6-25(7-5-22)36-12-8-20(9-13-36)16-21-10-14-37(15-11-21)28(39)29(40,30(32,33)34)23-17-24(31)19-26(18-23)41-3/h4-7,17-21,40H,8-16H2,1-3H3. The number of aliphatic hydroxyl groups is 1. The predicted octanol–water partition coefficient (Wildman–Crippen LogP) is 5.35. The summed E-state index contributed by atoms with van der Waals surface area (Å²) in [5.41, 5.74) is -2.64. The molecule has 41 heavy (non-hydrogen) atoms. The van der Waals surface area contributed by atoms with E-state index in [1.54, 1.807) is 19.0 Å². The smallest absolute Gasteiger partial charge is 0.430 e. The average molecular weight is 596 g/mol. The van der Waals surface area contributed by atoms with E-state index in [0.717, 1.165) is 55.1 Å². The van der Waals surface area contributed by atoms with Gasteiger partial charge in [-0.25, -0.2) is 0 Å². The minimum Gasteiger partial charge on any atom is -0.497 e. The highest BCUT2D eigenvalue weighted by Gasteiger charge is 2.62. The van der Waals surface area contributed by atoms with E-state index in [9.17, 15) is 27.9 Å². The molecule has 7 nitrogen and oxygen atoms in total. The fourth-order valence-corrected chi connectivity index (χ4v) is 6.09. The van der Waals surface area contributed by atoms with Crippen molar-refractivity contribution >= 4 is 29.1 Å².